The Morgan fingerprint density at radius 3 is 2.61 bits per heavy atom. The molecule has 6 rings (SSSR count). The summed E-state index contributed by atoms with van der Waals surface area (Å²) in [5.74, 6) is -1.09. The maximum atomic E-state index is 14.3. The molecular weight excluding hydrogens is 488 g/mol. The maximum absolute atomic E-state index is 14.3. The number of anilines is 2. The second-order valence-corrected chi connectivity index (χ2v) is 9.00. The summed E-state index contributed by atoms with van der Waals surface area (Å²) in [5, 5.41) is 6.29. The molecule has 0 radical (unpaired) electrons. The van der Waals surface area contributed by atoms with Crippen LogP contribution in [-0.2, 0) is 0 Å². The number of rotatable bonds is 4. The van der Waals surface area contributed by atoms with E-state index < -0.39 is 17.5 Å². The zero-order valence-corrected chi connectivity index (χ0v) is 19.6. The van der Waals surface area contributed by atoms with Gasteiger partial charge in [-0.3, -0.25) is 10.1 Å². The van der Waals surface area contributed by atoms with Crippen molar-refractivity contribution in [2.24, 2.45) is 0 Å². The average Bonchev–Trinajstić information content (AvgIpc) is 3.46. The van der Waals surface area contributed by atoms with Crippen LogP contribution in [0.15, 0.2) is 54.9 Å². The van der Waals surface area contributed by atoms with E-state index in [1.165, 1.54) is 35.0 Å². The fourth-order valence-corrected chi connectivity index (χ4v) is 4.65. The lowest BCUT2D eigenvalue weighted by Gasteiger charge is -2.29. The molecule has 1 fully saturated rings. The average molecular weight is 508 g/mol. The van der Waals surface area contributed by atoms with Gasteiger partial charge in [0.25, 0.3) is 5.91 Å². The minimum absolute atomic E-state index is 0.132. The molecule has 8 nitrogen and oxygen atoms in total. The van der Waals surface area contributed by atoms with E-state index in [0.717, 1.165) is 31.7 Å². The van der Waals surface area contributed by atoms with E-state index in [0.29, 0.717) is 33.0 Å². The van der Waals surface area contributed by atoms with E-state index in [1.807, 2.05) is 11.0 Å². The summed E-state index contributed by atoms with van der Waals surface area (Å²) in [5.41, 5.74) is 3.91. The number of hydrogen-bond donors (Lipinski definition) is 3. The van der Waals surface area contributed by atoms with Crippen molar-refractivity contribution >= 4 is 45.8 Å². The number of hydrogen-bond acceptors (Lipinski definition) is 5. The summed E-state index contributed by atoms with van der Waals surface area (Å²) >= 11 is 5.99. The van der Waals surface area contributed by atoms with Crippen molar-refractivity contribution in [1.82, 2.24) is 24.7 Å². The first-order valence-corrected chi connectivity index (χ1v) is 11.7. The molecule has 0 saturated carbocycles. The minimum atomic E-state index is -0.485. The molecule has 0 atom stereocenters. The molecule has 1 aliphatic rings. The molecule has 0 unspecified atom stereocenters. The molecule has 11 heteroatoms. The Balaban J connectivity index is 1.28. The number of pyridine rings is 1. The molecule has 182 valence electrons. The number of halogens is 3. The molecule has 5 aromatic rings. The highest BCUT2D eigenvalue weighted by Crippen LogP contribution is 2.28. The fourth-order valence-electron chi connectivity index (χ4n) is 4.43. The van der Waals surface area contributed by atoms with Gasteiger partial charge in [-0.2, -0.15) is 0 Å². The van der Waals surface area contributed by atoms with E-state index in [4.69, 9.17) is 11.6 Å². The normalized spacial score (nSPS) is 14.0. The van der Waals surface area contributed by atoms with Gasteiger partial charge in [0, 0.05) is 49.7 Å². The Morgan fingerprint density at radius 2 is 1.81 bits per heavy atom. The van der Waals surface area contributed by atoms with Gasteiger partial charge in [-0.15, -0.1) is 0 Å². The molecule has 36 heavy (non-hydrogen) atoms. The van der Waals surface area contributed by atoms with E-state index >= 15 is 0 Å². The molecule has 0 bridgehead atoms. The lowest BCUT2D eigenvalue weighted by atomic mass is 10.1. The van der Waals surface area contributed by atoms with Gasteiger partial charge in [0.2, 0.25) is 5.95 Å². The summed E-state index contributed by atoms with van der Waals surface area (Å²) in [6.07, 6.45) is 2.79. The summed E-state index contributed by atoms with van der Waals surface area (Å²) in [4.78, 5) is 27.0. The molecule has 3 N–H and O–H groups in total. The molecule has 0 aliphatic carbocycles. The van der Waals surface area contributed by atoms with E-state index in [-0.39, 0.29) is 11.6 Å². The predicted octanol–water partition coefficient (Wildman–Crippen LogP) is 4.47. The number of carbonyl (C=O) groups excluding carboxylic acids is 1. The summed E-state index contributed by atoms with van der Waals surface area (Å²) in [6, 6.07) is 11.1. The Bertz CT molecular complexity index is 1600. The van der Waals surface area contributed by atoms with Crippen LogP contribution in [0.3, 0.4) is 0 Å². The standard InChI is InChI=1S/C25H20ClF2N7O/c26-16-7-15(8-17(27)10-16)14-1-2-19-20(9-14)32-25(31-19)33-24(36)21-13-35-12-18(28)11-22(23(35)30-21)34-5-3-29-4-6-34/h1-2,7-13,29H,3-6H2,(H2,31,32,33,36). The SMILES string of the molecule is O=C(Nc1nc2cc(-c3cc(F)cc(Cl)c3)ccc2[nH]1)c1cn2cc(F)cc(N3CCNCC3)c2n1. The number of H-pyrrole nitrogens is 1. The number of nitrogens with one attached hydrogen (secondary N) is 3. The zero-order valence-electron chi connectivity index (χ0n) is 18.9. The van der Waals surface area contributed by atoms with Crippen molar-refractivity contribution in [1.29, 1.82) is 0 Å². The van der Waals surface area contributed by atoms with Crippen LogP contribution in [0.5, 0.6) is 0 Å². The van der Waals surface area contributed by atoms with Crippen molar-refractivity contribution in [2.45, 2.75) is 0 Å². The first-order valence-electron chi connectivity index (χ1n) is 11.3. The van der Waals surface area contributed by atoms with Gasteiger partial charge >= 0.3 is 0 Å². The Hall–Kier alpha value is -4.02. The van der Waals surface area contributed by atoms with E-state index in [2.05, 4.69) is 25.6 Å². The third-order valence-corrected chi connectivity index (χ3v) is 6.32. The van der Waals surface area contributed by atoms with Crippen LogP contribution in [0.1, 0.15) is 10.5 Å². The third kappa shape index (κ3) is 4.25. The van der Waals surface area contributed by atoms with Crippen molar-refractivity contribution in [3.05, 3.63) is 77.2 Å². The number of nitrogens with zero attached hydrogens (tertiary/aromatic N) is 4. The molecule has 1 saturated heterocycles. The lowest BCUT2D eigenvalue weighted by molar-refractivity contribution is 0.102. The predicted molar refractivity (Wildman–Crippen MR) is 135 cm³/mol. The molecule has 4 heterocycles. The molecule has 3 aromatic heterocycles. The number of amides is 1. The Kier molecular flexibility index (Phi) is 5.54. The lowest BCUT2D eigenvalue weighted by Crippen LogP contribution is -2.43. The molecule has 1 amide bonds. The van der Waals surface area contributed by atoms with Crippen LogP contribution in [0, 0.1) is 11.6 Å². The maximum Gasteiger partial charge on any atom is 0.278 e. The fraction of sp³-hybridized carbons (Fsp3) is 0.160. The molecular formula is C25H20ClF2N7O. The molecule has 2 aromatic carbocycles. The van der Waals surface area contributed by atoms with Gasteiger partial charge in [0.05, 0.1) is 16.7 Å². The van der Waals surface area contributed by atoms with Crippen LogP contribution in [-0.4, -0.2) is 51.4 Å². The topological polar surface area (TPSA) is 90.3 Å². The minimum Gasteiger partial charge on any atom is -0.366 e. The van der Waals surface area contributed by atoms with Crippen LogP contribution in [0.2, 0.25) is 5.02 Å². The monoisotopic (exact) mass is 507 g/mol. The summed E-state index contributed by atoms with van der Waals surface area (Å²) in [7, 11) is 0. The van der Waals surface area contributed by atoms with Crippen LogP contribution >= 0.6 is 11.6 Å². The summed E-state index contributed by atoms with van der Waals surface area (Å²) < 4.78 is 29.6. The van der Waals surface area contributed by atoms with Crippen molar-refractivity contribution in [2.75, 3.05) is 36.4 Å². The Morgan fingerprint density at radius 1 is 0.972 bits per heavy atom. The van der Waals surface area contributed by atoms with E-state index in [9.17, 15) is 13.6 Å². The quantitative estimate of drug-likeness (QED) is 0.334. The van der Waals surface area contributed by atoms with Crippen molar-refractivity contribution < 1.29 is 13.6 Å². The third-order valence-electron chi connectivity index (χ3n) is 6.10. The van der Waals surface area contributed by atoms with Gasteiger partial charge in [0.1, 0.15) is 17.3 Å². The first-order chi connectivity index (χ1) is 17.4. The van der Waals surface area contributed by atoms with Gasteiger partial charge in [-0.25, -0.2) is 18.7 Å². The van der Waals surface area contributed by atoms with Crippen LogP contribution < -0.4 is 15.5 Å². The van der Waals surface area contributed by atoms with Crippen LogP contribution in [0.4, 0.5) is 20.4 Å². The second kappa shape index (κ2) is 8.89. The highest BCUT2D eigenvalue weighted by Gasteiger charge is 2.20. The number of fused-ring (bicyclic) bond motifs is 2. The number of aromatic nitrogens is 4. The number of carbonyl (C=O) groups is 1. The first kappa shape index (κ1) is 22.4. The highest BCUT2D eigenvalue weighted by atomic mass is 35.5. The second-order valence-electron chi connectivity index (χ2n) is 8.57. The Labute approximate surface area is 208 Å². The zero-order chi connectivity index (χ0) is 24.8. The largest absolute Gasteiger partial charge is 0.366 e. The van der Waals surface area contributed by atoms with Crippen molar-refractivity contribution in [3.63, 3.8) is 0 Å². The smallest absolute Gasteiger partial charge is 0.278 e. The number of imidazole rings is 2. The molecule has 1 aliphatic heterocycles. The highest BCUT2D eigenvalue weighted by molar-refractivity contribution is 6.30. The molecule has 0 spiro atoms. The van der Waals surface area contributed by atoms with Gasteiger partial charge in [-0.05, 0) is 41.5 Å². The van der Waals surface area contributed by atoms with E-state index in [1.54, 1.807) is 18.2 Å². The number of benzene rings is 2. The number of aromatic amines is 1. The van der Waals surface area contributed by atoms with Gasteiger partial charge in [-0.1, -0.05) is 17.7 Å². The summed E-state index contributed by atoms with van der Waals surface area (Å²) in [6.45, 7) is 3.01. The number of piperazine rings is 1. The van der Waals surface area contributed by atoms with Gasteiger partial charge in [0.15, 0.2) is 5.65 Å². The van der Waals surface area contributed by atoms with Gasteiger partial charge < -0.3 is 19.6 Å². The van der Waals surface area contributed by atoms with Crippen LogP contribution in [0.25, 0.3) is 27.8 Å². The van der Waals surface area contributed by atoms with Crippen molar-refractivity contribution in [3.8, 4) is 11.1 Å².